The van der Waals surface area contributed by atoms with Gasteiger partial charge in [0.2, 0.25) is 0 Å². The molecule has 0 saturated carbocycles. The Hall–Kier alpha value is -3.52. The van der Waals surface area contributed by atoms with Crippen molar-refractivity contribution in [1.82, 2.24) is 4.90 Å². The summed E-state index contributed by atoms with van der Waals surface area (Å²) in [6.45, 7) is 2.88. The van der Waals surface area contributed by atoms with Crippen LogP contribution in [0.15, 0.2) is 36.4 Å². The normalized spacial score (nSPS) is 16.0. The lowest BCUT2D eigenvalue weighted by molar-refractivity contribution is -0.137. The van der Waals surface area contributed by atoms with Crippen molar-refractivity contribution in [3.8, 4) is 6.07 Å². The molecule has 0 aliphatic carbocycles. The first-order chi connectivity index (χ1) is 15.6. The summed E-state index contributed by atoms with van der Waals surface area (Å²) < 4.78 is 63.5. The maximum atomic E-state index is 14.7. The summed E-state index contributed by atoms with van der Waals surface area (Å²) in [5.74, 6) is -2.21. The lowest BCUT2D eigenvalue weighted by atomic mass is 10.0. The van der Waals surface area contributed by atoms with Crippen LogP contribution in [-0.2, 0) is 11.0 Å². The van der Waals surface area contributed by atoms with Crippen LogP contribution in [0.1, 0.15) is 36.7 Å². The Morgan fingerprint density at radius 3 is 2.33 bits per heavy atom. The molecule has 33 heavy (non-hydrogen) atoms. The predicted octanol–water partition coefficient (Wildman–Crippen LogP) is 4.33. The highest BCUT2D eigenvalue weighted by Gasteiger charge is 2.51. The molecule has 2 amide bonds. The zero-order valence-electron chi connectivity index (χ0n) is 18.9. The summed E-state index contributed by atoms with van der Waals surface area (Å²) in [4.78, 5) is 28.6. The number of anilines is 2. The smallest absolute Gasteiger partial charge is 0.345 e. The molecule has 1 aliphatic heterocycles. The molecule has 1 heterocycles. The van der Waals surface area contributed by atoms with Crippen LogP contribution in [0.3, 0.4) is 0 Å². The van der Waals surface area contributed by atoms with Crippen LogP contribution in [0.4, 0.5) is 28.9 Å². The Bertz CT molecular complexity index is 1270. The summed E-state index contributed by atoms with van der Waals surface area (Å²) in [5, 5.41) is 8.77. The number of halogens is 4. The second-order valence-corrected chi connectivity index (χ2v) is 8.29. The summed E-state index contributed by atoms with van der Waals surface area (Å²) in [5.41, 5.74) is -4.30. The zero-order chi connectivity index (χ0) is 25.7. The first kappa shape index (κ1) is 22.7. The summed E-state index contributed by atoms with van der Waals surface area (Å²) in [6.07, 6.45) is -5.02. The number of alkyl halides is 3. The van der Waals surface area contributed by atoms with E-state index in [-0.39, 0.29) is 16.4 Å². The second kappa shape index (κ2) is 8.12. The van der Waals surface area contributed by atoms with Gasteiger partial charge in [0.15, 0.2) is 5.11 Å². The highest BCUT2D eigenvalue weighted by molar-refractivity contribution is 7.81. The van der Waals surface area contributed by atoms with Gasteiger partial charge in [-0.25, -0.2) is 4.39 Å². The lowest BCUT2D eigenvalue weighted by Gasteiger charge is -2.29. The van der Waals surface area contributed by atoms with Crippen molar-refractivity contribution in [2.45, 2.75) is 25.6 Å². The van der Waals surface area contributed by atoms with E-state index >= 15 is 0 Å². The van der Waals surface area contributed by atoms with Gasteiger partial charge in [-0.15, -0.1) is 0 Å². The van der Waals surface area contributed by atoms with Crippen molar-refractivity contribution >= 4 is 40.5 Å². The Balaban J connectivity index is 2.14. The van der Waals surface area contributed by atoms with Gasteiger partial charge in [-0.05, 0) is 62.4 Å². The molecule has 2 aromatic carbocycles. The van der Waals surface area contributed by atoms with Crippen molar-refractivity contribution in [2.75, 3.05) is 23.9 Å². The molecule has 1 saturated heterocycles. The SMILES string of the molecule is [2H]c1c(N2C(=O)C(C)(C)N(c3ccc(C(=O)N(C)C)c(F)c3)C2=S)ccc(C#N)c1C(F)(F)F. The maximum Gasteiger partial charge on any atom is 0.417 e. The Morgan fingerprint density at radius 2 is 1.82 bits per heavy atom. The van der Waals surface area contributed by atoms with E-state index in [0.29, 0.717) is 0 Å². The molecule has 2 aromatic rings. The van der Waals surface area contributed by atoms with E-state index in [1.807, 2.05) is 0 Å². The van der Waals surface area contributed by atoms with Crippen LogP contribution in [0, 0.1) is 17.1 Å². The molecule has 0 N–H and O–H groups in total. The minimum absolute atomic E-state index is 0.0925. The minimum Gasteiger partial charge on any atom is -0.345 e. The molecule has 0 aromatic heterocycles. The molecule has 1 fully saturated rings. The number of rotatable bonds is 3. The molecular weight excluding hydrogens is 460 g/mol. The molecule has 3 rings (SSSR count). The molecule has 0 radical (unpaired) electrons. The molecule has 1 aliphatic rings. The van der Waals surface area contributed by atoms with Crippen molar-refractivity contribution in [2.24, 2.45) is 0 Å². The van der Waals surface area contributed by atoms with Gasteiger partial charge in [-0.2, -0.15) is 18.4 Å². The van der Waals surface area contributed by atoms with E-state index in [1.165, 1.54) is 55.9 Å². The Kier molecular flexibility index (Phi) is 5.57. The van der Waals surface area contributed by atoms with Gasteiger partial charge in [-0.1, -0.05) is 0 Å². The largest absolute Gasteiger partial charge is 0.417 e. The fraction of sp³-hybridized carbons (Fsp3) is 0.273. The number of thiocarbonyl (C=S) groups is 1. The van der Waals surface area contributed by atoms with E-state index in [4.69, 9.17) is 18.9 Å². The van der Waals surface area contributed by atoms with Gasteiger partial charge in [0.05, 0.1) is 29.8 Å². The van der Waals surface area contributed by atoms with Crippen LogP contribution in [0.5, 0.6) is 0 Å². The fourth-order valence-electron chi connectivity index (χ4n) is 3.43. The Morgan fingerprint density at radius 1 is 1.21 bits per heavy atom. The lowest BCUT2D eigenvalue weighted by Crippen LogP contribution is -2.44. The summed E-state index contributed by atoms with van der Waals surface area (Å²) in [7, 11) is 2.91. The molecular formula is C22H18F4N4O2S. The number of nitrogens with zero attached hydrogens (tertiary/aromatic N) is 4. The summed E-state index contributed by atoms with van der Waals surface area (Å²) >= 11 is 5.38. The van der Waals surface area contributed by atoms with Gasteiger partial charge in [0.25, 0.3) is 11.8 Å². The highest BCUT2D eigenvalue weighted by atomic mass is 32.1. The number of carbonyl (C=O) groups excluding carboxylic acids is 2. The van der Waals surface area contributed by atoms with Gasteiger partial charge in [0, 0.05) is 19.8 Å². The van der Waals surface area contributed by atoms with Gasteiger partial charge < -0.3 is 9.80 Å². The van der Waals surface area contributed by atoms with E-state index < -0.39 is 52.2 Å². The highest BCUT2D eigenvalue weighted by Crippen LogP contribution is 2.39. The third kappa shape index (κ3) is 4.02. The Labute approximate surface area is 194 Å². The van der Waals surface area contributed by atoms with Crippen molar-refractivity contribution in [3.05, 3.63) is 58.9 Å². The van der Waals surface area contributed by atoms with Crippen LogP contribution < -0.4 is 9.80 Å². The summed E-state index contributed by atoms with van der Waals surface area (Å²) in [6, 6.07) is 5.81. The average molecular weight is 479 g/mol. The number of benzene rings is 2. The molecule has 0 unspecified atom stereocenters. The van der Waals surface area contributed by atoms with Crippen molar-refractivity contribution < 1.29 is 28.5 Å². The molecule has 172 valence electrons. The number of nitriles is 1. The third-order valence-corrected chi connectivity index (χ3v) is 5.46. The van der Waals surface area contributed by atoms with Crippen molar-refractivity contribution in [3.63, 3.8) is 0 Å². The van der Waals surface area contributed by atoms with Gasteiger partial charge in [-0.3, -0.25) is 14.5 Å². The maximum absolute atomic E-state index is 14.7. The number of carbonyl (C=O) groups is 2. The van der Waals surface area contributed by atoms with Crippen molar-refractivity contribution in [1.29, 1.82) is 5.26 Å². The third-order valence-electron chi connectivity index (χ3n) is 5.09. The number of hydrogen-bond donors (Lipinski definition) is 0. The number of hydrogen-bond acceptors (Lipinski definition) is 4. The van der Waals surface area contributed by atoms with Gasteiger partial charge in [0.1, 0.15) is 11.4 Å². The minimum atomic E-state index is -5.02. The van der Waals surface area contributed by atoms with Crippen LogP contribution >= 0.6 is 12.2 Å². The van der Waals surface area contributed by atoms with Crippen LogP contribution in [0.2, 0.25) is 0 Å². The average Bonchev–Trinajstić information content (AvgIpc) is 2.90. The first-order valence-corrected chi connectivity index (χ1v) is 9.86. The van der Waals surface area contributed by atoms with E-state index in [1.54, 1.807) is 0 Å². The quantitative estimate of drug-likeness (QED) is 0.484. The van der Waals surface area contributed by atoms with E-state index in [2.05, 4.69) is 0 Å². The number of amides is 2. The van der Waals surface area contributed by atoms with Crippen LogP contribution in [-0.4, -0.2) is 41.5 Å². The topological polar surface area (TPSA) is 67.7 Å². The second-order valence-electron chi connectivity index (χ2n) is 7.92. The molecule has 0 atom stereocenters. The predicted molar refractivity (Wildman–Crippen MR) is 117 cm³/mol. The van der Waals surface area contributed by atoms with Crippen LogP contribution in [0.25, 0.3) is 0 Å². The van der Waals surface area contributed by atoms with E-state index in [9.17, 15) is 27.2 Å². The first-order valence-electron chi connectivity index (χ1n) is 9.95. The molecule has 11 heteroatoms. The van der Waals surface area contributed by atoms with E-state index in [0.717, 1.165) is 23.1 Å². The molecule has 0 bridgehead atoms. The van der Waals surface area contributed by atoms with Gasteiger partial charge >= 0.3 is 6.18 Å². The zero-order valence-corrected chi connectivity index (χ0v) is 18.7. The monoisotopic (exact) mass is 479 g/mol. The molecule has 6 nitrogen and oxygen atoms in total. The fourth-order valence-corrected chi connectivity index (χ4v) is 3.94. The standard InChI is InChI=1S/C22H18F4N4O2S/c1-21(2)19(32)29(13-6-5-12(11-27)16(9-13)22(24,25)26)20(33)30(21)14-7-8-15(17(23)10-14)18(31)28(3)4/h5-10H,1-4H3/i9D. The molecule has 0 spiro atoms.